The zero-order valence-electron chi connectivity index (χ0n) is 17.9. The fourth-order valence-corrected chi connectivity index (χ4v) is 6.09. The second-order valence-electron chi connectivity index (χ2n) is 7.32. The Bertz CT molecular complexity index is 1070. The van der Waals surface area contributed by atoms with Gasteiger partial charge in [-0.1, -0.05) is 32.0 Å². The number of hydrogen-bond donors (Lipinski definition) is 2. The third-order valence-corrected chi connectivity index (χ3v) is 8.52. The number of thioether (sulfide) groups is 1. The van der Waals surface area contributed by atoms with E-state index in [2.05, 4.69) is 10.6 Å². The summed E-state index contributed by atoms with van der Waals surface area (Å²) in [7, 11) is -3.65. The fraction of sp³-hybridized carbons (Fsp3) is 0.364. The minimum Gasteiger partial charge on any atom is -0.343 e. The minimum absolute atomic E-state index is 0.0976. The average molecular weight is 480 g/mol. The molecular formula is C22H26FN3O4S2. The lowest BCUT2D eigenvalue weighted by Crippen LogP contribution is -2.52. The molecule has 2 N–H and O–H groups in total. The molecule has 2 aromatic rings. The molecule has 32 heavy (non-hydrogen) atoms. The van der Waals surface area contributed by atoms with E-state index in [0.717, 1.165) is 5.56 Å². The van der Waals surface area contributed by atoms with Crippen molar-refractivity contribution in [2.75, 3.05) is 24.2 Å². The van der Waals surface area contributed by atoms with E-state index in [-0.39, 0.29) is 21.9 Å². The molecule has 2 amide bonds. The largest absolute Gasteiger partial charge is 0.343 e. The molecule has 1 aliphatic rings. The lowest BCUT2D eigenvalue weighted by Gasteiger charge is -2.28. The summed E-state index contributed by atoms with van der Waals surface area (Å²) < 4.78 is 39.8. The fourth-order valence-electron chi connectivity index (χ4n) is 3.40. The van der Waals surface area contributed by atoms with Crippen LogP contribution < -0.4 is 10.6 Å². The maximum absolute atomic E-state index is 13.1. The van der Waals surface area contributed by atoms with Crippen LogP contribution in [0.2, 0.25) is 0 Å². The molecule has 2 unspecified atom stereocenters. The van der Waals surface area contributed by atoms with Gasteiger partial charge in [0.15, 0.2) is 0 Å². The number of nitrogens with one attached hydrogen (secondary N) is 2. The van der Waals surface area contributed by atoms with Crippen LogP contribution in [0.15, 0.2) is 53.4 Å². The molecule has 0 spiro atoms. The van der Waals surface area contributed by atoms with E-state index in [0.29, 0.717) is 31.0 Å². The van der Waals surface area contributed by atoms with Gasteiger partial charge in [0.2, 0.25) is 21.8 Å². The number of carbonyl (C=O) groups is 2. The van der Waals surface area contributed by atoms with Crippen LogP contribution in [0.5, 0.6) is 0 Å². The first-order chi connectivity index (χ1) is 15.2. The normalized spacial score (nSPS) is 18.9. The second-order valence-corrected chi connectivity index (χ2v) is 10.5. The molecule has 172 valence electrons. The minimum atomic E-state index is -3.65. The van der Waals surface area contributed by atoms with Crippen molar-refractivity contribution in [3.63, 3.8) is 0 Å². The summed E-state index contributed by atoms with van der Waals surface area (Å²) >= 11 is 1.37. The van der Waals surface area contributed by atoms with Crippen LogP contribution in [0.1, 0.15) is 19.4 Å². The van der Waals surface area contributed by atoms with E-state index in [1.165, 1.54) is 40.3 Å². The van der Waals surface area contributed by atoms with Crippen LogP contribution in [-0.2, 0) is 26.0 Å². The molecule has 0 bridgehead atoms. The molecule has 3 rings (SSSR count). The lowest BCUT2D eigenvalue weighted by molar-refractivity contribution is -0.126. The third-order valence-electron chi connectivity index (χ3n) is 5.17. The molecule has 2 atom stereocenters. The molecule has 0 aliphatic carbocycles. The van der Waals surface area contributed by atoms with E-state index in [4.69, 9.17) is 0 Å². The van der Waals surface area contributed by atoms with Crippen molar-refractivity contribution in [2.45, 2.75) is 36.5 Å². The summed E-state index contributed by atoms with van der Waals surface area (Å²) in [5, 5.41) is 5.06. The first-order valence-corrected chi connectivity index (χ1v) is 12.8. The predicted molar refractivity (Wildman–Crippen MR) is 123 cm³/mol. The lowest BCUT2D eigenvalue weighted by atomic mass is 10.1. The smallest absolute Gasteiger partial charge is 0.247 e. The third kappa shape index (κ3) is 5.67. The van der Waals surface area contributed by atoms with Crippen LogP contribution in [0.25, 0.3) is 0 Å². The van der Waals surface area contributed by atoms with E-state index >= 15 is 0 Å². The van der Waals surface area contributed by atoms with Gasteiger partial charge in [-0.25, -0.2) is 12.8 Å². The van der Waals surface area contributed by atoms with Crippen molar-refractivity contribution >= 4 is 39.3 Å². The highest BCUT2D eigenvalue weighted by Crippen LogP contribution is 2.24. The number of rotatable bonds is 8. The Kier molecular flexibility index (Phi) is 7.91. The predicted octanol–water partition coefficient (Wildman–Crippen LogP) is 2.64. The van der Waals surface area contributed by atoms with E-state index in [1.54, 1.807) is 38.1 Å². The van der Waals surface area contributed by atoms with Crippen LogP contribution in [0, 0.1) is 5.82 Å². The van der Waals surface area contributed by atoms with Crippen LogP contribution >= 0.6 is 11.8 Å². The van der Waals surface area contributed by atoms with Gasteiger partial charge in [-0.2, -0.15) is 4.31 Å². The summed E-state index contributed by atoms with van der Waals surface area (Å²) in [6, 6.07) is 11.3. The quantitative estimate of drug-likeness (QED) is 0.607. The first-order valence-electron chi connectivity index (χ1n) is 10.3. The van der Waals surface area contributed by atoms with Gasteiger partial charge in [-0.05, 0) is 42.3 Å². The van der Waals surface area contributed by atoms with Crippen LogP contribution in [0.4, 0.5) is 10.1 Å². The number of hydrogen-bond acceptors (Lipinski definition) is 5. The molecular weight excluding hydrogens is 453 g/mol. The number of amides is 2. The molecule has 1 saturated heterocycles. The van der Waals surface area contributed by atoms with Gasteiger partial charge in [0.25, 0.3) is 0 Å². The highest BCUT2D eigenvalue weighted by atomic mass is 32.2. The van der Waals surface area contributed by atoms with E-state index in [1.807, 2.05) is 0 Å². The molecule has 7 nitrogen and oxygen atoms in total. The van der Waals surface area contributed by atoms with E-state index < -0.39 is 22.0 Å². The Morgan fingerprint density at radius 3 is 2.50 bits per heavy atom. The van der Waals surface area contributed by atoms with Crippen LogP contribution in [-0.4, -0.2) is 54.7 Å². The Labute approximate surface area is 191 Å². The van der Waals surface area contributed by atoms with Gasteiger partial charge < -0.3 is 10.6 Å². The van der Waals surface area contributed by atoms with Gasteiger partial charge in [0, 0.05) is 24.5 Å². The van der Waals surface area contributed by atoms with Crippen molar-refractivity contribution in [2.24, 2.45) is 0 Å². The van der Waals surface area contributed by atoms with Gasteiger partial charge in [0.1, 0.15) is 11.9 Å². The standard InChI is InChI=1S/C22H26FN3O4S2/c1-3-26(4-2)32(29,30)18-7-5-6-17(13-18)24-21(27)19-14-31-20(22(28)25-19)12-15-8-10-16(23)11-9-15/h5-11,13,19-20H,3-4,12,14H2,1-2H3,(H,24,27)(H,25,28). The summed E-state index contributed by atoms with van der Waals surface area (Å²) in [6.45, 7) is 4.22. The molecule has 1 aliphatic heterocycles. The zero-order valence-corrected chi connectivity index (χ0v) is 19.5. The van der Waals surface area contributed by atoms with Crippen LogP contribution in [0.3, 0.4) is 0 Å². The Hall–Kier alpha value is -2.43. The van der Waals surface area contributed by atoms with Gasteiger partial charge in [0.05, 0.1) is 10.1 Å². The molecule has 0 radical (unpaired) electrons. The molecule has 2 aromatic carbocycles. The van der Waals surface area contributed by atoms with Gasteiger partial charge >= 0.3 is 0 Å². The molecule has 1 heterocycles. The Balaban J connectivity index is 1.62. The van der Waals surface area contributed by atoms with Crippen molar-refractivity contribution in [3.05, 3.63) is 59.9 Å². The second kappa shape index (κ2) is 10.5. The molecule has 10 heteroatoms. The number of anilines is 1. The van der Waals surface area contributed by atoms with Gasteiger partial charge in [-0.3, -0.25) is 9.59 Å². The highest BCUT2D eigenvalue weighted by Gasteiger charge is 2.32. The van der Waals surface area contributed by atoms with Gasteiger partial charge in [-0.15, -0.1) is 11.8 Å². The zero-order chi connectivity index (χ0) is 23.3. The summed E-state index contributed by atoms with van der Waals surface area (Å²) in [5.74, 6) is -0.631. The SMILES string of the molecule is CCN(CC)S(=O)(=O)c1cccc(NC(=O)C2CSC(Cc3ccc(F)cc3)C(=O)N2)c1. The molecule has 0 saturated carbocycles. The van der Waals surface area contributed by atoms with Crippen molar-refractivity contribution in [1.82, 2.24) is 9.62 Å². The monoisotopic (exact) mass is 479 g/mol. The van der Waals surface area contributed by atoms with Crippen molar-refractivity contribution in [3.8, 4) is 0 Å². The van der Waals surface area contributed by atoms with Crippen molar-refractivity contribution < 1.29 is 22.4 Å². The number of nitrogens with zero attached hydrogens (tertiary/aromatic N) is 1. The Morgan fingerprint density at radius 2 is 1.88 bits per heavy atom. The van der Waals surface area contributed by atoms with E-state index in [9.17, 15) is 22.4 Å². The molecule has 1 fully saturated rings. The highest BCUT2D eigenvalue weighted by molar-refractivity contribution is 8.00. The summed E-state index contributed by atoms with van der Waals surface area (Å²) in [4.78, 5) is 25.3. The Morgan fingerprint density at radius 1 is 1.19 bits per heavy atom. The average Bonchev–Trinajstić information content (AvgIpc) is 2.77. The summed E-state index contributed by atoms with van der Waals surface area (Å²) in [6.07, 6.45) is 0.441. The molecule has 0 aromatic heterocycles. The first kappa shape index (κ1) is 24.2. The summed E-state index contributed by atoms with van der Waals surface area (Å²) in [5.41, 5.74) is 1.18. The number of sulfonamides is 1. The maximum atomic E-state index is 13.1. The van der Waals surface area contributed by atoms with Crippen molar-refractivity contribution in [1.29, 1.82) is 0 Å². The topological polar surface area (TPSA) is 95.6 Å². The maximum Gasteiger partial charge on any atom is 0.247 e. The number of halogens is 1. The number of carbonyl (C=O) groups excluding carboxylic acids is 2. The number of benzene rings is 2.